The van der Waals surface area contributed by atoms with Gasteiger partial charge in [0.25, 0.3) is 0 Å². The normalized spacial score (nSPS) is 33.7. The van der Waals surface area contributed by atoms with E-state index in [4.69, 9.17) is 15.7 Å². The molecule has 0 radical (unpaired) electrons. The Morgan fingerprint density at radius 3 is 3.20 bits per heavy atom. The van der Waals surface area contributed by atoms with E-state index in [0.717, 1.165) is 19.8 Å². The smallest absolute Gasteiger partial charge is 0.153 e. The summed E-state index contributed by atoms with van der Waals surface area (Å²) in [7, 11) is 0. The molecule has 0 bridgehead atoms. The Balaban J connectivity index is 2.01. The van der Waals surface area contributed by atoms with Crippen molar-refractivity contribution < 1.29 is 9.94 Å². The van der Waals surface area contributed by atoms with Crippen LogP contribution < -0.4 is 5.73 Å². The second-order valence-electron chi connectivity index (χ2n) is 4.40. The predicted octanol–water partition coefficient (Wildman–Crippen LogP) is 0.234. The van der Waals surface area contributed by atoms with E-state index in [-0.39, 0.29) is 0 Å². The number of hydrogen-bond acceptors (Lipinski definition) is 4. The lowest BCUT2D eigenvalue weighted by molar-refractivity contribution is 0.120. The Kier molecular flexibility index (Phi) is 3.43. The fourth-order valence-corrected chi connectivity index (χ4v) is 2.71. The highest BCUT2D eigenvalue weighted by atomic mass is 16.5. The molecular formula is C10H19N3O2. The molecule has 86 valence electrons. The summed E-state index contributed by atoms with van der Waals surface area (Å²) in [6.07, 6.45) is 3.73. The van der Waals surface area contributed by atoms with Crippen molar-refractivity contribution in [3.8, 4) is 0 Å². The summed E-state index contributed by atoms with van der Waals surface area (Å²) >= 11 is 0. The lowest BCUT2D eigenvalue weighted by Gasteiger charge is -2.28. The van der Waals surface area contributed by atoms with Crippen LogP contribution in [0.15, 0.2) is 5.16 Å². The first-order valence-electron chi connectivity index (χ1n) is 5.59. The molecule has 0 unspecified atom stereocenters. The molecule has 0 aromatic heterocycles. The van der Waals surface area contributed by atoms with Gasteiger partial charge >= 0.3 is 0 Å². The van der Waals surface area contributed by atoms with Crippen LogP contribution in [0.2, 0.25) is 0 Å². The molecule has 0 spiro atoms. The van der Waals surface area contributed by atoms with Crippen LogP contribution in [0.25, 0.3) is 0 Å². The van der Waals surface area contributed by atoms with Gasteiger partial charge in [0.1, 0.15) is 0 Å². The maximum absolute atomic E-state index is 8.58. The van der Waals surface area contributed by atoms with Gasteiger partial charge in [-0.25, -0.2) is 0 Å². The summed E-state index contributed by atoms with van der Waals surface area (Å²) in [6, 6.07) is 0.563. The third-order valence-electron chi connectivity index (χ3n) is 3.44. The number of amidine groups is 1. The molecule has 0 amide bonds. The van der Waals surface area contributed by atoms with Gasteiger partial charge in [-0.15, -0.1) is 0 Å². The van der Waals surface area contributed by atoms with E-state index in [9.17, 15) is 0 Å². The van der Waals surface area contributed by atoms with Crippen LogP contribution in [0.1, 0.15) is 19.3 Å². The van der Waals surface area contributed by atoms with Gasteiger partial charge in [-0.1, -0.05) is 11.6 Å². The molecule has 1 aliphatic heterocycles. The van der Waals surface area contributed by atoms with E-state index in [1.54, 1.807) is 0 Å². The Morgan fingerprint density at radius 2 is 2.40 bits per heavy atom. The zero-order valence-corrected chi connectivity index (χ0v) is 8.93. The standard InChI is InChI=1S/C10H19N3O2/c11-10(12-14)6-13-4-5-15-7-8-2-1-3-9(8)13/h8-9,14H,1-7H2,(H2,11,12)/t8-,9-/m0/s1. The summed E-state index contributed by atoms with van der Waals surface area (Å²) < 4.78 is 5.57. The average Bonchev–Trinajstić information content (AvgIpc) is 2.63. The average molecular weight is 213 g/mol. The van der Waals surface area contributed by atoms with E-state index in [0.29, 0.717) is 24.3 Å². The van der Waals surface area contributed by atoms with Gasteiger partial charge < -0.3 is 15.7 Å². The fourth-order valence-electron chi connectivity index (χ4n) is 2.71. The molecule has 1 saturated carbocycles. The molecule has 2 fully saturated rings. The molecule has 1 aliphatic carbocycles. The van der Waals surface area contributed by atoms with Crippen LogP contribution in [0.4, 0.5) is 0 Å². The number of hydrogen-bond donors (Lipinski definition) is 2. The van der Waals surface area contributed by atoms with Crippen LogP contribution in [0, 0.1) is 5.92 Å². The van der Waals surface area contributed by atoms with Crippen molar-refractivity contribution in [2.45, 2.75) is 25.3 Å². The van der Waals surface area contributed by atoms with Crippen LogP contribution in [-0.2, 0) is 4.74 Å². The summed E-state index contributed by atoms with van der Waals surface area (Å²) in [5.41, 5.74) is 5.56. The van der Waals surface area contributed by atoms with Crippen LogP contribution >= 0.6 is 0 Å². The summed E-state index contributed by atoms with van der Waals surface area (Å²) in [5, 5.41) is 11.6. The lowest BCUT2D eigenvalue weighted by atomic mass is 10.0. The van der Waals surface area contributed by atoms with Crippen molar-refractivity contribution in [3.05, 3.63) is 0 Å². The molecule has 5 nitrogen and oxygen atoms in total. The predicted molar refractivity (Wildman–Crippen MR) is 56.9 cm³/mol. The molecule has 5 heteroatoms. The molecule has 2 rings (SSSR count). The zero-order chi connectivity index (χ0) is 10.7. The zero-order valence-electron chi connectivity index (χ0n) is 8.93. The maximum Gasteiger partial charge on any atom is 0.153 e. The van der Waals surface area contributed by atoms with Gasteiger partial charge in [-0.05, 0) is 18.8 Å². The van der Waals surface area contributed by atoms with Crippen molar-refractivity contribution in [1.82, 2.24) is 4.90 Å². The fraction of sp³-hybridized carbons (Fsp3) is 0.900. The van der Waals surface area contributed by atoms with Crippen molar-refractivity contribution in [2.75, 3.05) is 26.3 Å². The second kappa shape index (κ2) is 4.81. The first kappa shape index (κ1) is 10.7. The number of ether oxygens (including phenoxy) is 1. The van der Waals surface area contributed by atoms with Crippen molar-refractivity contribution in [3.63, 3.8) is 0 Å². The van der Waals surface area contributed by atoms with Gasteiger partial charge in [-0.3, -0.25) is 4.90 Å². The number of fused-ring (bicyclic) bond motifs is 1. The number of oxime groups is 1. The minimum absolute atomic E-state index is 0.294. The molecule has 2 atom stereocenters. The number of nitrogens with zero attached hydrogens (tertiary/aromatic N) is 2. The first-order chi connectivity index (χ1) is 7.31. The van der Waals surface area contributed by atoms with Crippen molar-refractivity contribution in [1.29, 1.82) is 0 Å². The molecule has 3 N–H and O–H groups in total. The molecule has 2 aliphatic rings. The molecule has 0 aromatic rings. The van der Waals surface area contributed by atoms with Gasteiger partial charge in [-0.2, -0.15) is 0 Å². The summed E-state index contributed by atoms with van der Waals surface area (Å²) in [5.74, 6) is 0.932. The quantitative estimate of drug-likeness (QED) is 0.298. The molecule has 0 aromatic carbocycles. The number of rotatable bonds is 2. The summed E-state index contributed by atoms with van der Waals surface area (Å²) in [6.45, 7) is 3.07. The van der Waals surface area contributed by atoms with Gasteiger partial charge in [0.05, 0.1) is 19.8 Å². The SMILES string of the molecule is NC(CN1CCOC[C@@H]2CCC[C@@H]21)=NO. The minimum Gasteiger partial charge on any atom is -0.409 e. The highest BCUT2D eigenvalue weighted by Gasteiger charge is 2.34. The highest BCUT2D eigenvalue weighted by Crippen LogP contribution is 2.31. The van der Waals surface area contributed by atoms with Crippen molar-refractivity contribution >= 4 is 5.84 Å². The van der Waals surface area contributed by atoms with E-state index in [1.165, 1.54) is 19.3 Å². The topological polar surface area (TPSA) is 71.1 Å². The lowest BCUT2D eigenvalue weighted by Crippen LogP contribution is -2.43. The highest BCUT2D eigenvalue weighted by molar-refractivity contribution is 5.81. The largest absolute Gasteiger partial charge is 0.409 e. The maximum atomic E-state index is 8.58. The Labute approximate surface area is 89.9 Å². The van der Waals surface area contributed by atoms with E-state index in [1.807, 2.05) is 0 Å². The first-order valence-corrected chi connectivity index (χ1v) is 5.59. The Bertz CT molecular complexity index is 245. The Morgan fingerprint density at radius 1 is 1.53 bits per heavy atom. The monoisotopic (exact) mass is 213 g/mol. The van der Waals surface area contributed by atoms with Gasteiger partial charge in [0, 0.05) is 12.6 Å². The summed E-state index contributed by atoms with van der Waals surface area (Å²) in [4.78, 5) is 2.29. The molecule has 15 heavy (non-hydrogen) atoms. The molecule has 1 heterocycles. The van der Waals surface area contributed by atoms with Gasteiger partial charge in [0.15, 0.2) is 5.84 Å². The van der Waals surface area contributed by atoms with E-state index < -0.39 is 0 Å². The van der Waals surface area contributed by atoms with Crippen LogP contribution in [-0.4, -0.2) is 48.3 Å². The van der Waals surface area contributed by atoms with Gasteiger partial charge in [0.2, 0.25) is 0 Å². The van der Waals surface area contributed by atoms with E-state index >= 15 is 0 Å². The van der Waals surface area contributed by atoms with E-state index in [2.05, 4.69) is 10.1 Å². The van der Waals surface area contributed by atoms with Crippen molar-refractivity contribution in [2.24, 2.45) is 16.8 Å². The number of nitrogens with two attached hydrogens (primary N) is 1. The molecule has 1 saturated heterocycles. The molecular weight excluding hydrogens is 194 g/mol. The second-order valence-corrected chi connectivity index (χ2v) is 4.40. The third-order valence-corrected chi connectivity index (χ3v) is 3.44. The minimum atomic E-state index is 0.294. The Hall–Kier alpha value is -0.810. The third kappa shape index (κ3) is 2.41. The van der Waals surface area contributed by atoms with Crippen LogP contribution in [0.5, 0.6) is 0 Å². The van der Waals surface area contributed by atoms with Crippen LogP contribution in [0.3, 0.4) is 0 Å².